The van der Waals surface area contributed by atoms with Crippen LogP contribution in [0.25, 0.3) is 0 Å². The second-order valence-corrected chi connectivity index (χ2v) is 9.89. The molecule has 3 nitrogen and oxygen atoms in total. The maximum atomic E-state index is 6.80. The van der Waals surface area contributed by atoms with E-state index in [2.05, 4.69) is 71.9 Å². The third kappa shape index (κ3) is 6.45. The molecule has 1 fully saturated rings. The molecule has 1 heterocycles. The van der Waals surface area contributed by atoms with Crippen molar-refractivity contribution in [3.05, 3.63) is 118 Å². The average Bonchev–Trinajstić information content (AvgIpc) is 2.86. The highest BCUT2D eigenvalue weighted by atomic mass is 79.9. The van der Waals surface area contributed by atoms with E-state index in [9.17, 15) is 0 Å². The summed E-state index contributed by atoms with van der Waals surface area (Å²) in [6.45, 7) is 7.69. The molecular weight excluding hydrogens is 488 g/mol. The standard InChI is InChI=1S/C30H33BrO3/c1-3-27(28-17-16-26(31)19-23(28)2)29-15-10-18-30(34-29,33-21-25-13-8-5-9-14-25)22-32-20-24-11-6-4-7-12-24/h3-9,11-14,16-17,19,27,29H,1,10,15,18,20-22H2,2H3/t27-,29?,30?/m1/s1. The average molecular weight is 521 g/mol. The molecule has 4 heteroatoms. The SMILES string of the molecule is C=C[C@H](c1ccc(Br)cc1C)C1CCCC(COCc2ccccc2)(OCc2ccccc2)O1. The predicted octanol–water partition coefficient (Wildman–Crippen LogP) is 7.73. The van der Waals surface area contributed by atoms with Crippen molar-refractivity contribution in [1.82, 2.24) is 0 Å². The van der Waals surface area contributed by atoms with Crippen LogP contribution >= 0.6 is 15.9 Å². The van der Waals surface area contributed by atoms with Gasteiger partial charge in [-0.05, 0) is 54.2 Å². The third-order valence-corrected chi connectivity index (χ3v) is 6.93. The summed E-state index contributed by atoms with van der Waals surface area (Å²) in [5, 5.41) is 0. The Morgan fingerprint density at radius 1 is 1.03 bits per heavy atom. The van der Waals surface area contributed by atoms with Gasteiger partial charge < -0.3 is 14.2 Å². The largest absolute Gasteiger partial charge is 0.371 e. The highest BCUT2D eigenvalue weighted by Gasteiger charge is 2.41. The first-order chi connectivity index (χ1) is 16.6. The van der Waals surface area contributed by atoms with Crippen molar-refractivity contribution >= 4 is 15.9 Å². The topological polar surface area (TPSA) is 27.7 Å². The molecule has 1 aliphatic heterocycles. The molecule has 4 rings (SSSR count). The maximum absolute atomic E-state index is 6.80. The lowest BCUT2D eigenvalue weighted by Gasteiger charge is -2.43. The summed E-state index contributed by atoms with van der Waals surface area (Å²) in [6, 6.07) is 26.9. The van der Waals surface area contributed by atoms with E-state index in [1.54, 1.807) is 0 Å². The first-order valence-corrected chi connectivity index (χ1v) is 12.7. The Kier molecular flexibility index (Phi) is 8.74. The number of aryl methyl sites for hydroxylation is 1. The van der Waals surface area contributed by atoms with Crippen LogP contribution in [0.15, 0.2) is 96.0 Å². The zero-order chi connectivity index (χ0) is 23.8. The Hall–Kier alpha value is -2.24. The third-order valence-electron chi connectivity index (χ3n) is 6.44. The van der Waals surface area contributed by atoms with Crippen LogP contribution in [0, 0.1) is 6.92 Å². The Bertz CT molecular complexity index is 1050. The molecule has 2 unspecified atom stereocenters. The highest BCUT2D eigenvalue weighted by Crippen LogP contribution is 2.39. The fraction of sp³-hybridized carbons (Fsp3) is 0.333. The molecule has 0 aromatic heterocycles. The van der Waals surface area contributed by atoms with E-state index in [-0.39, 0.29) is 12.0 Å². The van der Waals surface area contributed by atoms with Crippen LogP contribution in [-0.2, 0) is 27.4 Å². The molecular formula is C30H33BrO3. The van der Waals surface area contributed by atoms with Gasteiger partial charge in [0.05, 0.1) is 19.3 Å². The maximum Gasteiger partial charge on any atom is 0.192 e. The quantitative estimate of drug-likeness (QED) is 0.256. The highest BCUT2D eigenvalue weighted by molar-refractivity contribution is 9.10. The summed E-state index contributed by atoms with van der Waals surface area (Å²) in [7, 11) is 0. The molecule has 0 bridgehead atoms. The van der Waals surface area contributed by atoms with Gasteiger partial charge in [0.1, 0.15) is 6.61 Å². The summed E-state index contributed by atoms with van der Waals surface area (Å²) < 4.78 is 20.6. The summed E-state index contributed by atoms with van der Waals surface area (Å²) in [5.41, 5.74) is 4.74. The van der Waals surface area contributed by atoms with Crippen LogP contribution in [0.5, 0.6) is 0 Å². The molecule has 0 N–H and O–H groups in total. The van der Waals surface area contributed by atoms with E-state index >= 15 is 0 Å². The fourth-order valence-corrected chi connectivity index (χ4v) is 5.13. The van der Waals surface area contributed by atoms with Crippen LogP contribution in [0.4, 0.5) is 0 Å². The Morgan fingerprint density at radius 2 is 1.71 bits per heavy atom. The first-order valence-electron chi connectivity index (χ1n) is 11.9. The van der Waals surface area contributed by atoms with E-state index in [0.717, 1.165) is 34.9 Å². The Morgan fingerprint density at radius 3 is 2.35 bits per heavy atom. The van der Waals surface area contributed by atoms with E-state index in [4.69, 9.17) is 14.2 Å². The van der Waals surface area contributed by atoms with Crippen molar-refractivity contribution in [3.8, 4) is 0 Å². The molecule has 3 atom stereocenters. The number of ether oxygens (including phenoxy) is 3. The van der Waals surface area contributed by atoms with Crippen molar-refractivity contribution in [3.63, 3.8) is 0 Å². The number of benzene rings is 3. The van der Waals surface area contributed by atoms with Crippen LogP contribution in [0.1, 0.15) is 47.4 Å². The normalized spacial score (nSPS) is 21.2. The van der Waals surface area contributed by atoms with Gasteiger partial charge in [0, 0.05) is 16.8 Å². The monoisotopic (exact) mass is 520 g/mol. The van der Waals surface area contributed by atoms with Gasteiger partial charge >= 0.3 is 0 Å². The Labute approximate surface area is 211 Å². The summed E-state index contributed by atoms with van der Waals surface area (Å²) in [6.07, 6.45) is 4.75. The van der Waals surface area contributed by atoms with Crippen molar-refractivity contribution < 1.29 is 14.2 Å². The van der Waals surface area contributed by atoms with Gasteiger partial charge in [-0.2, -0.15) is 0 Å². The van der Waals surface area contributed by atoms with Gasteiger partial charge in [-0.3, -0.25) is 0 Å². The summed E-state index contributed by atoms with van der Waals surface area (Å²) >= 11 is 3.58. The van der Waals surface area contributed by atoms with E-state index in [1.807, 2.05) is 42.5 Å². The second kappa shape index (κ2) is 11.9. The molecule has 0 radical (unpaired) electrons. The van der Waals surface area contributed by atoms with Crippen molar-refractivity contribution in [2.24, 2.45) is 0 Å². The molecule has 1 saturated heterocycles. The second-order valence-electron chi connectivity index (χ2n) is 8.97. The smallest absolute Gasteiger partial charge is 0.192 e. The van der Waals surface area contributed by atoms with Crippen molar-refractivity contribution in [2.75, 3.05) is 6.61 Å². The minimum atomic E-state index is -0.794. The number of hydrogen-bond acceptors (Lipinski definition) is 3. The molecule has 0 spiro atoms. The minimum absolute atomic E-state index is 0.0257. The lowest BCUT2D eigenvalue weighted by atomic mass is 9.85. The molecule has 3 aromatic carbocycles. The Balaban J connectivity index is 1.52. The zero-order valence-electron chi connectivity index (χ0n) is 19.8. The lowest BCUT2D eigenvalue weighted by Crippen LogP contribution is -2.48. The van der Waals surface area contributed by atoms with Gasteiger partial charge in [0.15, 0.2) is 5.79 Å². The van der Waals surface area contributed by atoms with Gasteiger partial charge in [-0.15, -0.1) is 6.58 Å². The van der Waals surface area contributed by atoms with Gasteiger partial charge in [-0.1, -0.05) is 88.7 Å². The van der Waals surface area contributed by atoms with Crippen LogP contribution in [-0.4, -0.2) is 18.5 Å². The van der Waals surface area contributed by atoms with Crippen LogP contribution < -0.4 is 0 Å². The van der Waals surface area contributed by atoms with Crippen LogP contribution in [0.3, 0.4) is 0 Å². The minimum Gasteiger partial charge on any atom is -0.371 e. The lowest BCUT2D eigenvalue weighted by molar-refractivity contribution is -0.306. The molecule has 1 aliphatic rings. The molecule has 178 valence electrons. The van der Waals surface area contributed by atoms with E-state index in [0.29, 0.717) is 19.8 Å². The molecule has 0 aliphatic carbocycles. The molecule has 0 amide bonds. The van der Waals surface area contributed by atoms with E-state index < -0.39 is 5.79 Å². The first kappa shape index (κ1) is 24.9. The van der Waals surface area contributed by atoms with Gasteiger partial charge in [0.2, 0.25) is 0 Å². The van der Waals surface area contributed by atoms with Gasteiger partial charge in [-0.25, -0.2) is 0 Å². The number of rotatable bonds is 10. The summed E-state index contributed by atoms with van der Waals surface area (Å²) in [4.78, 5) is 0. The predicted molar refractivity (Wildman–Crippen MR) is 141 cm³/mol. The zero-order valence-corrected chi connectivity index (χ0v) is 21.4. The van der Waals surface area contributed by atoms with E-state index in [1.165, 1.54) is 11.1 Å². The number of hydrogen-bond donors (Lipinski definition) is 0. The van der Waals surface area contributed by atoms with Crippen molar-refractivity contribution in [1.29, 1.82) is 0 Å². The molecule has 34 heavy (non-hydrogen) atoms. The fourth-order valence-electron chi connectivity index (χ4n) is 4.65. The molecule has 3 aromatic rings. The van der Waals surface area contributed by atoms with Crippen molar-refractivity contribution in [2.45, 2.75) is 57.2 Å². The number of halogens is 1. The summed E-state index contributed by atoms with van der Waals surface area (Å²) in [5.74, 6) is -0.708. The van der Waals surface area contributed by atoms with Crippen LogP contribution in [0.2, 0.25) is 0 Å². The van der Waals surface area contributed by atoms with Gasteiger partial charge in [0.25, 0.3) is 0 Å². The molecule has 0 saturated carbocycles.